The van der Waals surface area contributed by atoms with Gasteiger partial charge in [-0.05, 0) is 39.0 Å². The average molecular weight is 465 g/mol. The van der Waals surface area contributed by atoms with Gasteiger partial charge in [-0.2, -0.15) is 5.10 Å². The number of carbonyl (C=O) groups excluding carboxylic acids is 1. The average Bonchev–Trinajstić information content (AvgIpc) is 3.29. The molecule has 1 amide bonds. The lowest BCUT2D eigenvalue weighted by atomic mass is 10.1. The van der Waals surface area contributed by atoms with Gasteiger partial charge in [-0.1, -0.05) is 12.1 Å². The molecule has 0 saturated heterocycles. The minimum absolute atomic E-state index is 0.0861. The van der Waals surface area contributed by atoms with E-state index < -0.39 is 5.82 Å². The number of amides is 1. The SMILES string of the molecule is COc1cc2c(Nc3cn[nH]c3)nc(-c3cccc(OCC(=O)NC(C)(C)C)c3)nc2cc1F. The molecule has 10 heteroatoms. The first-order valence-corrected chi connectivity index (χ1v) is 10.6. The Morgan fingerprint density at radius 1 is 1.18 bits per heavy atom. The van der Waals surface area contributed by atoms with E-state index in [2.05, 4.69) is 30.8 Å². The van der Waals surface area contributed by atoms with Crippen molar-refractivity contribution in [3.05, 3.63) is 54.6 Å². The van der Waals surface area contributed by atoms with Crippen LogP contribution in [0.5, 0.6) is 11.5 Å². The maximum absolute atomic E-state index is 14.4. The van der Waals surface area contributed by atoms with Crippen LogP contribution < -0.4 is 20.1 Å². The van der Waals surface area contributed by atoms with Crippen LogP contribution in [0.1, 0.15) is 20.8 Å². The number of benzene rings is 2. The highest BCUT2D eigenvalue weighted by atomic mass is 19.1. The number of rotatable bonds is 7. The number of H-pyrrole nitrogens is 1. The summed E-state index contributed by atoms with van der Waals surface area (Å²) >= 11 is 0. The summed E-state index contributed by atoms with van der Waals surface area (Å²) in [6.07, 6.45) is 3.27. The van der Waals surface area contributed by atoms with Crippen molar-refractivity contribution >= 4 is 28.3 Å². The molecule has 3 N–H and O–H groups in total. The second kappa shape index (κ2) is 9.34. The quantitative estimate of drug-likeness (QED) is 0.375. The minimum Gasteiger partial charge on any atom is -0.494 e. The van der Waals surface area contributed by atoms with Gasteiger partial charge < -0.3 is 20.1 Å². The third-order valence-electron chi connectivity index (χ3n) is 4.71. The Kier molecular flexibility index (Phi) is 6.31. The molecule has 4 aromatic rings. The highest BCUT2D eigenvalue weighted by molar-refractivity contribution is 5.93. The third kappa shape index (κ3) is 5.40. The van der Waals surface area contributed by atoms with Gasteiger partial charge in [-0.3, -0.25) is 9.89 Å². The molecule has 0 unspecified atom stereocenters. The molecular weight excluding hydrogens is 439 g/mol. The molecule has 0 aliphatic heterocycles. The van der Waals surface area contributed by atoms with E-state index in [1.165, 1.54) is 13.2 Å². The molecule has 0 aliphatic carbocycles. The lowest BCUT2D eigenvalue weighted by Crippen LogP contribution is -2.43. The fraction of sp³-hybridized carbons (Fsp3) is 0.250. The van der Waals surface area contributed by atoms with Crippen LogP contribution in [-0.4, -0.2) is 45.3 Å². The number of ether oxygens (including phenoxy) is 2. The zero-order chi connectivity index (χ0) is 24.3. The van der Waals surface area contributed by atoms with Gasteiger partial charge in [0.25, 0.3) is 5.91 Å². The van der Waals surface area contributed by atoms with Crippen molar-refractivity contribution in [2.24, 2.45) is 0 Å². The van der Waals surface area contributed by atoms with E-state index in [1.54, 1.807) is 36.7 Å². The van der Waals surface area contributed by atoms with Gasteiger partial charge in [0.1, 0.15) is 11.6 Å². The molecule has 176 valence electrons. The highest BCUT2D eigenvalue weighted by Crippen LogP contribution is 2.32. The summed E-state index contributed by atoms with van der Waals surface area (Å²) in [5, 5.41) is 13.3. The van der Waals surface area contributed by atoms with Crippen molar-refractivity contribution in [1.29, 1.82) is 0 Å². The van der Waals surface area contributed by atoms with Gasteiger partial charge in [0, 0.05) is 28.8 Å². The van der Waals surface area contributed by atoms with Crippen molar-refractivity contribution in [1.82, 2.24) is 25.5 Å². The number of aromatic amines is 1. The summed E-state index contributed by atoms with van der Waals surface area (Å²) in [5.74, 6) is 0.619. The van der Waals surface area contributed by atoms with Crippen LogP contribution in [0.15, 0.2) is 48.8 Å². The summed E-state index contributed by atoms with van der Waals surface area (Å²) in [6.45, 7) is 5.57. The fourth-order valence-corrected chi connectivity index (χ4v) is 3.30. The number of hydrogen-bond acceptors (Lipinski definition) is 7. The Hall–Kier alpha value is -4.21. The summed E-state index contributed by atoms with van der Waals surface area (Å²) in [4.78, 5) is 21.3. The molecule has 0 saturated carbocycles. The lowest BCUT2D eigenvalue weighted by molar-refractivity contribution is -0.124. The van der Waals surface area contributed by atoms with Crippen LogP contribution in [0.25, 0.3) is 22.3 Å². The molecule has 0 radical (unpaired) electrons. The monoisotopic (exact) mass is 464 g/mol. The Bertz CT molecular complexity index is 1320. The standard InChI is InChI=1S/C24H25FN6O3/c1-24(2,3)31-21(32)13-34-16-7-5-6-14(8-16)22-29-19-10-18(25)20(33-4)9-17(19)23(30-22)28-15-11-26-27-12-15/h5-12H,13H2,1-4H3,(H,26,27)(H,31,32)(H,28,29,30). The number of aromatic nitrogens is 4. The first-order valence-electron chi connectivity index (χ1n) is 10.6. The van der Waals surface area contributed by atoms with Crippen molar-refractivity contribution in [2.75, 3.05) is 19.0 Å². The van der Waals surface area contributed by atoms with Gasteiger partial charge >= 0.3 is 0 Å². The van der Waals surface area contributed by atoms with E-state index in [0.29, 0.717) is 39.5 Å². The molecule has 0 aliphatic rings. The van der Waals surface area contributed by atoms with Crippen molar-refractivity contribution < 1.29 is 18.7 Å². The zero-order valence-electron chi connectivity index (χ0n) is 19.3. The van der Waals surface area contributed by atoms with Crippen molar-refractivity contribution in [3.8, 4) is 22.9 Å². The number of anilines is 2. The first-order chi connectivity index (χ1) is 16.2. The lowest BCUT2D eigenvalue weighted by Gasteiger charge is -2.20. The Labute approximate surface area is 195 Å². The maximum atomic E-state index is 14.4. The van der Waals surface area contributed by atoms with E-state index in [-0.39, 0.29) is 23.8 Å². The molecule has 4 rings (SSSR count). The van der Waals surface area contributed by atoms with Crippen LogP contribution in [0.2, 0.25) is 0 Å². The molecule has 0 fully saturated rings. The molecule has 2 heterocycles. The molecule has 2 aromatic heterocycles. The smallest absolute Gasteiger partial charge is 0.258 e. The molecule has 0 atom stereocenters. The molecule has 0 bridgehead atoms. The second-order valence-electron chi connectivity index (χ2n) is 8.63. The number of halogens is 1. The normalized spacial score (nSPS) is 11.3. The fourth-order valence-electron chi connectivity index (χ4n) is 3.30. The number of carbonyl (C=O) groups is 1. The van der Waals surface area contributed by atoms with Gasteiger partial charge in [0.05, 0.1) is 24.5 Å². The van der Waals surface area contributed by atoms with Gasteiger partial charge in [-0.25, -0.2) is 14.4 Å². The summed E-state index contributed by atoms with van der Waals surface area (Å²) in [5.41, 5.74) is 1.36. The van der Waals surface area contributed by atoms with Gasteiger partial charge in [-0.15, -0.1) is 0 Å². The summed E-state index contributed by atoms with van der Waals surface area (Å²) in [6, 6.07) is 9.90. The number of methoxy groups -OCH3 is 1. The Morgan fingerprint density at radius 2 is 2.00 bits per heavy atom. The molecule has 2 aromatic carbocycles. The number of fused-ring (bicyclic) bond motifs is 1. The van der Waals surface area contributed by atoms with Crippen molar-refractivity contribution in [2.45, 2.75) is 26.3 Å². The number of hydrogen-bond donors (Lipinski definition) is 3. The van der Waals surface area contributed by atoms with Crippen LogP contribution in [-0.2, 0) is 4.79 Å². The van der Waals surface area contributed by atoms with E-state index >= 15 is 0 Å². The molecule has 34 heavy (non-hydrogen) atoms. The van der Waals surface area contributed by atoms with E-state index in [4.69, 9.17) is 9.47 Å². The summed E-state index contributed by atoms with van der Waals surface area (Å²) in [7, 11) is 1.40. The Morgan fingerprint density at radius 3 is 2.71 bits per heavy atom. The zero-order valence-corrected chi connectivity index (χ0v) is 19.3. The summed E-state index contributed by atoms with van der Waals surface area (Å²) < 4.78 is 25.2. The Balaban J connectivity index is 1.68. The molecular formula is C24H25FN6O3. The predicted octanol–water partition coefficient (Wildman–Crippen LogP) is 4.20. The second-order valence-corrected chi connectivity index (χ2v) is 8.63. The van der Waals surface area contributed by atoms with Crippen LogP contribution in [0.3, 0.4) is 0 Å². The van der Waals surface area contributed by atoms with Gasteiger partial charge in [0.2, 0.25) is 0 Å². The van der Waals surface area contributed by atoms with Gasteiger partial charge in [0.15, 0.2) is 24.0 Å². The number of nitrogens with zero attached hydrogens (tertiary/aromatic N) is 3. The molecule has 0 spiro atoms. The topological polar surface area (TPSA) is 114 Å². The van der Waals surface area contributed by atoms with E-state index in [9.17, 15) is 9.18 Å². The minimum atomic E-state index is -0.532. The molecule has 9 nitrogen and oxygen atoms in total. The van der Waals surface area contributed by atoms with Crippen LogP contribution in [0, 0.1) is 5.82 Å². The first kappa shape index (κ1) is 23.0. The van der Waals surface area contributed by atoms with Crippen LogP contribution in [0.4, 0.5) is 15.9 Å². The maximum Gasteiger partial charge on any atom is 0.258 e. The largest absolute Gasteiger partial charge is 0.494 e. The number of nitrogens with one attached hydrogen (secondary N) is 3. The van der Waals surface area contributed by atoms with E-state index in [1.807, 2.05) is 26.8 Å². The predicted molar refractivity (Wildman–Crippen MR) is 127 cm³/mol. The van der Waals surface area contributed by atoms with Crippen LogP contribution >= 0.6 is 0 Å². The third-order valence-corrected chi connectivity index (χ3v) is 4.71. The highest BCUT2D eigenvalue weighted by Gasteiger charge is 2.16. The van der Waals surface area contributed by atoms with Crippen molar-refractivity contribution in [3.63, 3.8) is 0 Å². The van der Waals surface area contributed by atoms with E-state index in [0.717, 1.165) is 0 Å².